The molecule has 3 rings (SSSR count). The molecule has 1 aliphatic heterocycles. The second kappa shape index (κ2) is 8.08. The quantitative estimate of drug-likeness (QED) is 0.855. The lowest BCUT2D eigenvalue weighted by molar-refractivity contribution is 0.238. The summed E-state index contributed by atoms with van der Waals surface area (Å²) in [5.41, 5.74) is 1.35. The van der Waals surface area contributed by atoms with Crippen LogP contribution in [0.15, 0.2) is 41.9 Å². The van der Waals surface area contributed by atoms with Crippen molar-refractivity contribution in [3.8, 4) is 0 Å². The topological polar surface area (TPSA) is 57.3 Å². The van der Waals surface area contributed by atoms with Crippen molar-refractivity contribution in [2.75, 3.05) is 19.6 Å². The summed E-state index contributed by atoms with van der Waals surface area (Å²) in [6, 6.07) is 10.4. The Bertz CT molecular complexity index is 602. The van der Waals surface area contributed by atoms with Gasteiger partial charge in [0.1, 0.15) is 5.01 Å². The zero-order valence-electron chi connectivity index (χ0n) is 13.1. The first kappa shape index (κ1) is 16.0. The summed E-state index contributed by atoms with van der Waals surface area (Å²) in [5.74, 6) is 0.532. The summed E-state index contributed by atoms with van der Waals surface area (Å²) in [6.07, 6.45) is 2.89. The predicted octanol–water partition coefficient (Wildman–Crippen LogP) is 2.46. The van der Waals surface area contributed by atoms with E-state index in [1.165, 1.54) is 5.56 Å². The molecule has 1 saturated heterocycles. The molecule has 1 aromatic carbocycles. The number of nitrogens with one attached hydrogen (secondary N) is 2. The van der Waals surface area contributed by atoms with Gasteiger partial charge in [0, 0.05) is 31.2 Å². The highest BCUT2D eigenvalue weighted by atomic mass is 32.1. The van der Waals surface area contributed by atoms with E-state index in [2.05, 4.69) is 44.8 Å². The molecule has 6 heteroatoms. The van der Waals surface area contributed by atoms with Gasteiger partial charge in [-0.3, -0.25) is 4.90 Å². The van der Waals surface area contributed by atoms with Gasteiger partial charge in [0.05, 0.1) is 6.54 Å². The molecule has 0 bridgehead atoms. The Labute approximate surface area is 140 Å². The zero-order chi connectivity index (χ0) is 15.9. The standard InChI is InChI=1S/C17H22N4OS/c22-17(20-11-16-18-7-9-23-16)19-10-15-6-8-21(13-15)12-14-4-2-1-3-5-14/h1-5,7,9,15H,6,8,10-13H2,(H2,19,20,22)/t15-/m0/s1. The number of nitrogens with zero attached hydrogens (tertiary/aromatic N) is 2. The number of thiazole rings is 1. The SMILES string of the molecule is O=C(NCc1nccs1)NC[C@@H]1CCN(Cc2ccccc2)C1. The van der Waals surface area contributed by atoms with Gasteiger partial charge in [-0.05, 0) is 24.4 Å². The normalized spacial score (nSPS) is 18.0. The summed E-state index contributed by atoms with van der Waals surface area (Å²) in [6.45, 7) is 4.36. The van der Waals surface area contributed by atoms with Crippen LogP contribution in [-0.2, 0) is 13.1 Å². The molecule has 1 aliphatic rings. The summed E-state index contributed by atoms with van der Waals surface area (Å²) < 4.78 is 0. The smallest absolute Gasteiger partial charge is 0.315 e. The largest absolute Gasteiger partial charge is 0.338 e. The lowest BCUT2D eigenvalue weighted by Gasteiger charge is -2.16. The van der Waals surface area contributed by atoms with Crippen LogP contribution >= 0.6 is 11.3 Å². The van der Waals surface area contributed by atoms with Gasteiger partial charge >= 0.3 is 6.03 Å². The van der Waals surface area contributed by atoms with Crippen LogP contribution in [0.5, 0.6) is 0 Å². The predicted molar refractivity (Wildman–Crippen MR) is 92.2 cm³/mol. The Morgan fingerprint density at radius 2 is 2.17 bits per heavy atom. The van der Waals surface area contributed by atoms with Crippen LogP contribution in [-0.4, -0.2) is 35.5 Å². The Morgan fingerprint density at radius 1 is 1.30 bits per heavy atom. The summed E-state index contributed by atoms with van der Waals surface area (Å²) >= 11 is 1.55. The first-order valence-corrected chi connectivity index (χ1v) is 8.84. The van der Waals surface area contributed by atoms with Gasteiger partial charge in [0.25, 0.3) is 0 Å². The van der Waals surface area contributed by atoms with E-state index in [0.29, 0.717) is 12.5 Å². The number of carbonyl (C=O) groups is 1. The number of aromatic nitrogens is 1. The van der Waals surface area contributed by atoms with Gasteiger partial charge in [-0.2, -0.15) is 0 Å². The van der Waals surface area contributed by atoms with Gasteiger partial charge in [-0.25, -0.2) is 9.78 Å². The average molecular weight is 330 g/mol. The molecule has 0 unspecified atom stereocenters. The summed E-state index contributed by atoms with van der Waals surface area (Å²) in [4.78, 5) is 18.4. The van der Waals surface area contributed by atoms with Crippen molar-refractivity contribution in [1.82, 2.24) is 20.5 Å². The fraction of sp³-hybridized carbons (Fsp3) is 0.412. The molecular weight excluding hydrogens is 308 g/mol. The molecular formula is C17H22N4OS. The minimum atomic E-state index is -0.110. The van der Waals surface area contributed by atoms with Crippen LogP contribution in [0.2, 0.25) is 0 Å². The van der Waals surface area contributed by atoms with E-state index in [-0.39, 0.29) is 6.03 Å². The average Bonchev–Trinajstić information content (AvgIpc) is 3.24. The van der Waals surface area contributed by atoms with Gasteiger partial charge in [0.15, 0.2) is 0 Å². The van der Waals surface area contributed by atoms with Crippen LogP contribution < -0.4 is 10.6 Å². The van der Waals surface area contributed by atoms with E-state index in [4.69, 9.17) is 0 Å². The summed E-state index contributed by atoms with van der Waals surface area (Å²) in [5, 5.41) is 8.65. The minimum Gasteiger partial charge on any atom is -0.338 e. The molecule has 0 saturated carbocycles. The van der Waals surface area contributed by atoms with Crippen LogP contribution in [0.1, 0.15) is 17.0 Å². The number of urea groups is 1. The Morgan fingerprint density at radius 3 is 2.96 bits per heavy atom. The zero-order valence-corrected chi connectivity index (χ0v) is 13.9. The van der Waals surface area contributed by atoms with E-state index >= 15 is 0 Å². The number of benzene rings is 1. The van der Waals surface area contributed by atoms with Crippen LogP contribution in [0.3, 0.4) is 0 Å². The van der Waals surface area contributed by atoms with Gasteiger partial charge in [-0.1, -0.05) is 30.3 Å². The Hall–Kier alpha value is -1.92. The monoisotopic (exact) mass is 330 g/mol. The van der Waals surface area contributed by atoms with Gasteiger partial charge in [0.2, 0.25) is 0 Å². The van der Waals surface area contributed by atoms with Crippen LogP contribution in [0, 0.1) is 5.92 Å². The number of hydrogen-bond acceptors (Lipinski definition) is 4. The summed E-state index contributed by atoms with van der Waals surface area (Å²) in [7, 11) is 0. The van der Waals surface area contributed by atoms with Gasteiger partial charge < -0.3 is 10.6 Å². The highest BCUT2D eigenvalue weighted by molar-refractivity contribution is 7.09. The van der Waals surface area contributed by atoms with E-state index < -0.39 is 0 Å². The van der Waals surface area contributed by atoms with Crippen molar-refractivity contribution in [1.29, 1.82) is 0 Å². The molecule has 1 aromatic heterocycles. The highest BCUT2D eigenvalue weighted by Gasteiger charge is 2.22. The van der Waals surface area contributed by atoms with Crippen molar-refractivity contribution < 1.29 is 4.79 Å². The number of rotatable bonds is 6. The highest BCUT2D eigenvalue weighted by Crippen LogP contribution is 2.17. The lowest BCUT2D eigenvalue weighted by Crippen LogP contribution is -2.38. The third-order valence-corrected chi connectivity index (χ3v) is 4.83. The fourth-order valence-corrected chi connectivity index (χ4v) is 3.42. The minimum absolute atomic E-state index is 0.110. The third kappa shape index (κ3) is 5.04. The van der Waals surface area contributed by atoms with E-state index in [0.717, 1.165) is 37.6 Å². The van der Waals surface area contributed by atoms with Crippen LogP contribution in [0.25, 0.3) is 0 Å². The molecule has 0 radical (unpaired) electrons. The van der Waals surface area contributed by atoms with E-state index in [9.17, 15) is 4.79 Å². The van der Waals surface area contributed by atoms with Crippen molar-refractivity contribution in [2.24, 2.45) is 5.92 Å². The molecule has 2 heterocycles. The van der Waals surface area contributed by atoms with Crippen molar-refractivity contribution in [3.63, 3.8) is 0 Å². The fourth-order valence-electron chi connectivity index (χ4n) is 2.86. The van der Waals surface area contributed by atoms with Crippen LogP contribution in [0.4, 0.5) is 4.79 Å². The second-order valence-electron chi connectivity index (χ2n) is 5.86. The Balaban J connectivity index is 1.34. The third-order valence-electron chi connectivity index (χ3n) is 4.05. The first-order chi connectivity index (χ1) is 11.3. The molecule has 2 amide bonds. The molecule has 2 N–H and O–H groups in total. The number of carbonyl (C=O) groups excluding carboxylic acids is 1. The number of likely N-dealkylation sites (tertiary alicyclic amines) is 1. The molecule has 1 fully saturated rings. The van der Waals surface area contributed by atoms with Crippen molar-refractivity contribution in [3.05, 3.63) is 52.5 Å². The maximum Gasteiger partial charge on any atom is 0.315 e. The number of amides is 2. The Kier molecular flexibility index (Phi) is 5.60. The molecule has 5 nitrogen and oxygen atoms in total. The van der Waals surface area contributed by atoms with Gasteiger partial charge in [-0.15, -0.1) is 11.3 Å². The van der Waals surface area contributed by atoms with E-state index in [1.54, 1.807) is 17.5 Å². The molecule has 23 heavy (non-hydrogen) atoms. The lowest BCUT2D eigenvalue weighted by atomic mass is 10.1. The van der Waals surface area contributed by atoms with Crippen molar-refractivity contribution in [2.45, 2.75) is 19.5 Å². The second-order valence-corrected chi connectivity index (χ2v) is 6.84. The van der Waals surface area contributed by atoms with Crippen molar-refractivity contribution >= 4 is 17.4 Å². The number of hydrogen-bond donors (Lipinski definition) is 2. The maximum absolute atomic E-state index is 11.8. The molecule has 2 aromatic rings. The molecule has 0 spiro atoms. The van der Waals surface area contributed by atoms with E-state index in [1.807, 2.05) is 11.4 Å². The maximum atomic E-state index is 11.8. The molecule has 0 aliphatic carbocycles. The molecule has 1 atom stereocenters. The molecule has 122 valence electrons. The first-order valence-electron chi connectivity index (χ1n) is 7.96.